The zero-order valence-corrected chi connectivity index (χ0v) is 17.3. The summed E-state index contributed by atoms with van der Waals surface area (Å²) in [6.07, 6.45) is 1.02. The second-order valence-electron chi connectivity index (χ2n) is 8.18. The van der Waals surface area contributed by atoms with Crippen molar-refractivity contribution in [1.29, 1.82) is 0 Å². The van der Waals surface area contributed by atoms with Crippen molar-refractivity contribution < 1.29 is 22.8 Å². The van der Waals surface area contributed by atoms with Crippen LogP contribution in [0.3, 0.4) is 0 Å². The van der Waals surface area contributed by atoms with E-state index in [1.54, 1.807) is 4.90 Å². The van der Waals surface area contributed by atoms with Gasteiger partial charge in [-0.25, -0.2) is 0 Å². The van der Waals surface area contributed by atoms with Gasteiger partial charge in [0.25, 0.3) is 0 Å². The zero-order valence-electron chi connectivity index (χ0n) is 17.3. The van der Waals surface area contributed by atoms with Crippen molar-refractivity contribution in [3.63, 3.8) is 0 Å². The highest BCUT2D eigenvalue weighted by Crippen LogP contribution is 2.29. The number of likely N-dealkylation sites (tertiary alicyclic amines) is 1. The molecule has 8 heteroatoms. The summed E-state index contributed by atoms with van der Waals surface area (Å²) >= 11 is 0. The number of amides is 2. The van der Waals surface area contributed by atoms with Gasteiger partial charge in [0.15, 0.2) is 0 Å². The van der Waals surface area contributed by atoms with Gasteiger partial charge in [-0.3, -0.25) is 14.5 Å². The number of rotatable bonds is 4. The Hall–Kier alpha value is -2.09. The van der Waals surface area contributed by atoms with Crippen LogP contribution in [0.2, 0.25) is 0 Å². The summed E-state index contributed by atoms with van der Waals surface area (Å²) < 4.78 is 38.1. The van der Waals surface area contributed by atoms with Gasteiger partial charge in [-0.05, 0) is 37.0 Å². The van der Waals surface area contributed by atoms with Crippen LogP contribution >= 0.6 is 0 Å². The molecule has 5 nitrogen and oxygen atoms in total. The Morgan fingerprint density at radius 3 is 2.33 bits per heavy atom. The van der Waals surface area contributed by atoms with E-state index < -0.39 is 11.7 Å². The van der Waals surface area contributed by atoms with Gasteiger partial charge in [-0.2, -0.15) is 13.2 Å². The van der Waals surface area contributed by atoms with Crippen molar-refractivity contribution in [3.8, 4) is 0 Å². The molecular formula is C22H30F3N3O2. The Balaban J connectivity index is 1.50. The van der Waals surface area contributed by atoms with Gasteiger partial charge in [-0.15, -0.1) is 0 Å². The van der Waals surface area contributed by atoms with Crippen LogP contribution in [-0.4, -0.2) is 65.8 Å². The molecule has 0 spiro atoms. The second kappa shape index (κ2) is 10.3. The molecule has 2 amide bonds. The largest absolute Gasteiger partial charge is 0.416 e. The van der Waals surface area contributed by atoms with E-state index in [4.69, 9.17) is 0 Å². The van der Waals surface area contributed by atoms with Gasteiger partial charge in [0.1, 0.15) is 0 Å². The summed E-state index contributed by atoms with van der Waals surface area (Å²) in [5.74, 6) is 0.0575. The molecule has 3 rings (SSSR count). The first-order chi connectivity index (χ1) is 14.3. The fourth-order valence-corrected chi connectivity index (χ4v) is 4.08. The molecule has 30 heavy (non-hydrogen) atoms. The van der Waals surface area contributed by atoms with Crippen molar-refractivity contribution >= 4 is 11.8 Å². The molecule has 1 aromatic rings. The maximum absolute atomic E-state index is 12.8. The van der Waals surface area contributed by atoms with Gasteiger partial charge in [0.2, 0.25) is 11.8 Å². The van der Waals surface area contributed by atoms with Crippen LogP contribution in [0.1, 0.15) is 49.7 Å². The van der Waals surface area contributed by atoms with Crippen molar-refractivity contribution in [1.82, 2.24) is 14.7 Å². The molecule has 0 aliphatic carbocycles. The molecule has 2 aliphatic rings. The van der Waals surface area contributed by atoms with Crippen molar-refractivity contribution in [3.05, 3.63) is 35.4 Å². The second-order valence-corrected chi connectivity index (χ2v) is 8.18. The monoisotopic (exact) mass is 425 g/mol. The fourth-order valence-electron chi connectivity index (χ4n) is 4.08. The number of halogens is 3. The minimum absolute atomic E-state index is 0.0136. The van der Waals surface area contributed by atoms with Crippen LogP contribution in [0.4, 0.5) is 13.2 Å². The van der Waals surface area contributed by atoms with Gasteiger partial charge >= 0.3 is 6.18 Å². The lowest BCUT2D eigenvalue weighted by Crippen LogP contribution is -2.44. The number of carbonyl (C=O) groups excluding carboxylic acids is 2. The predicted octanol–water partition coefficient (Wildman–Crippen LogP) is 3.53. The van der Waals surface area contributed by atoms with Crippen molar-refractivity contribution in [2.75, 3.05) is 39.3 Å². The first-order valence-corrected chi connectivity index (χ1v) is 10.8. The van der Waals surface area contributed by atoms with Gasteiger partial charge in [0.05, 0.1) is 12.1 Å². The third kappa shape index (κ3) is 6.45. The van der Waals surface area contributed by atoms with E-state index in [-0.39, 0.29) is 18.4 Å². The lowest BCUT2D eigenvalue weighted by atomic mass is 10.1. The maximum Gasteiger partial charge on any atom is 0.416 e. The van der Waals surface area contributed by atoms with Gasteiger partial charge < -0.3 is 9.80 Å². The third-order valence-electron chi connectivity index (χ3n) is 5.88. The number of benzene rings is 1. The van der Waals surface area contributed by atoms with E-state index in [2.05, 4.69) is 4.90 Å². The molecule has 2 aliphatic heterocycles. The first kappa shape index (κ1) is 22.6. The Morgan fingerprint density at radius 2 is 1.60 bits per heavy atom. The smallest absolute Gasteiger partial charge is 0.340 e. The van der Waals surface area contributed by atoms with Crippen LogP contribution in [0.5, 0.6) is 0 Å². The van der Waals surface area contributed by atoms with E-state index in [9.17, 15) is 22.8 Å². The summed E-state index contributed by atoms with van der Waals surface area (Å²) in [5.41, 5.74) is 0.187. The lowest BCUT2D eigenvalue weighted by Gasteiger charge is -2.28. The molecular weight excluding hydrogens is 395 g/mol. The lowest BCUT2D eigenvalue weighted by molar-refractivity contribution is -0.140. The van der Waals surface area contributed by atoms with Crippen LogP contribution in [0.25, 0.3) is 0 Å². The zero-order chi connectivity index (χ0) is 21.6. The molecule has 0 radical (unpaired) electrons. The van der Waals surface area contributed by atoms with Gasteiger partial charge in [-0.1, -0.05) is 25.0 Å². The van der Waals surface area contributed by atoms with Gasteiger partial charge in [0, 0.05) is 45.7 Å². The van der Waals surface area contributed by atoms with Crippen LogP contribution in [0, 0.1) is 0 Å². The Kier molecular flexibility index (Phi) is 7.75. The predicted molar refractivity (Wildman–Crippen MR) is 108 cm³/mol. The fraction of sp³-hybridized carbons (Fsp3) is 0.636. The molecule has 0 aromatic heterocycles. The molecule has 0 N–H and O–H groups in total. The van der Waals surface area contributed by atoms with E-state index in [0.29, 0.717) is 39.1 Å². The molecule has 2 fully saturated rings. The molecule has 0 bridgehead atoms. The minimum atomic E-state index is -4.32. The van der Waals surface area contributed by atoms with E-state index >= 15 is 0 Å². The minimum Gasteiger partial charge on any atom is -0.340 e. The Labute approximate surface area is 175 Å². The standard InChI is InChI=1S/C22H30F3N3O2/c23-22(24,25)19-9-7-18(8-10-19)16-26-11-5-13-27(15-14-26)21(30)17-28-12-4-2-1-3-6-20(28)29/h7-10H,1-6,11-17H2. The topological polar surface area (TPSA) is 43.9 Å². The normalized spacial score (nSPS) is 19.9. The molecule has 2 heterocycles. The van der Waals surface area contributed by atoms with Crippen LogP contribution in [0.15, 0.2) is 24.3 Å². The third-order valence-corrected chi connectivity index (χ3v) is 5.88. The Morgan fingerprint density at radius 1 is 0.867 bits per heavy atom. The average Bonchev–Trinajstić information content (AvgIpc) is 2.93. The highest BCUT2D eigenvalue weighted by Gasteiger charge is 2.30. The SMILES string of the molecule is O=C(CN1CCCCCCC1=O)N1CCCN(Cc2ccc(C(F)(F)F)cc2)CC1. The van der Waals surface area contributed by atoms with E-state index in [1.807, 2.05) is 4.90 Å². The summed E-state index contributed by atoms with van der Waals surface area (Å²) in [6, 6.07) is 5.27. The maximum atomic E-state index is 12.8. The molecule has 166 valence electrons. The van der Waals surface area contributed by atoms with E-state index in [1.165, 1.54) is 12.1 Å². The molecule has 2 saturated heterocycles. The summed E-state index contributed by atoms with van der Waals surface area (Å²) in [5, 5.41) is 0. The highest BCUT2D eigenvalue weighted by atomic mass is 19.4. The first-order valence-electron chi connectivity index (χ1n) is 10.8. The Bertz CT molecular complexity index is 721. The number of hydrogen-bond donors (Lipinski definition) is 0. The number of carbonyl (C=O) groups is 2. The van der Waals surface area contributed by atoms with Crippen molar-refractivity contribution in [2.24, 2.45) is 0 Å². The quantitative estimate of drug-likeness (QED) is 0.741. The number of nitrogens with zero attached hydrogens (tertiary/aromatic N) is 3. The summed E-state index contributed by atoms with van der Waals surface area (Å²) in [4.78, 5) is 30.7. The van der Waals surface area contributed by atoms with E-state index in [0.717, 1.165) is 56.3 Å². The molecule has 0 unspecified atom stereocenters. The average molecular weight is 425 g/mol. The molecule has 0 atom stereocenters. The highest BCUT2D eigenvalue weighted by molar-refractivity contribution is 5.84. The summed E-state index contributed by atoms with van der Waals surface area (Å²) in [7, 11) is 0. The van der Waals surface area contributed by atoms with Crippen molar-refractivity contribution in [2.45, 2.75) is 51.2 Å². The van der Waals surface area contributed by atoms with Crippen LogP contribution < -0.4 is 0 Å². The number of alkyl halides is 3. The molecule has 0 saturated carbocycles. The molecule has 1 aromatic carbocycles. The summed E-state index contributed by atoms with van der Waals surface area (Å²) in [6.45, 7) is 4.03. The number of hydrogen-bond acceptors (Lipinski definition) is 3. The van der Waals surface area contributed by atoms with Crippen LogP contribution in [-0.2, 0) is 22.3 Å².